The Kier molecular flexibility index (Phi) is 8.66. The van der Waals surface area contributed by atoms with Crippen LogP contribution in [0.4, 0.5) is 0 Å². The lowest BCUT2D eigenvalue weighted by molar-refractivity contribution is -0.205. The molecule has 0 saturated heterocycles. The Labute approximate surface area is 232 Å². The Morgan fingerprint density at radius 2 is 2.03 bits per heavy atom. The van der Waals surface area contributed by atoms with Crippen molar-refractivity contribution in [1.29, 1.82) is 0 Å². The van der Waals surface area contributed by atoms with Crippen LogP contribution in [0.1, 0.15) is 65.4 Å². The molecule has 0 amide bonds. The van der Waals surface area contributed by atoms with E-state index in [4.69, 9.17) is 4.74 Å². The molecular weight excluding hydrogens is 494 g/mol. The average molecular weight is 540 g/mol. The second-order valence-electron chi connectivity index (χ2n) is 12.4. The van der Waals surface area contributed by atoms with Gasteiger partial charge in [0, 0.05) is 41.2 Å². The van der Waals surface area contributed by atoms with E-state index in [0.29, 0.717) is 12.8 Å². The van der Waals surface area contributed by atoms with Crippen LogP contribution in [0, 0.1) is 34.0 Å². The molecule has 2 N–H and O–H groups in total. The summed E-state index contributed by atoms with van der Waals surface area (Å²) in [6.45, 7) is 17.8. The summed E-state index contributed by atoms with van der Waals surface area (Å²) in [5.74, 6) is 0.178. The molecule has 3 saturated carbocycles. The molecule has 1 aromatic rings. The number of nitrogens with one attached hydrogen (secondary N) is 1. The number of aliphatic hydroxyl groups excluding tert-OH is 1. The number of hydrogen-bond acceptors (Lipinski definition) is 6. The normalized spacial score (nSPS) is 38.6. The van der Waals surface area contributed by atoms with E-state index in [9.17, 15) is 14.7 Å². The van der Waals surface area contributed by atoms with Gasteiger partial charge < -0.3 is 15.2 Å². The topological polar surface area (TPSA) is 75.6 Å². The van der Waals surface area contributed by atoms with Gasteiger partial charge >= 0.3 is 5.97 Å². The van der Waals surface area contributed by atoms with E-state index in [-0.39, 0.29) is 40.7 Å². The number of carbonyl (C=O) groups excluding carboxylic acids is 2. The van der Waals surface area contributed by atoms with Gasteiger partial charge in [0.2, 0.25) is 0 Å². The molecule has 208 valence electrons. The number of esters is 1. The Morgan fingerprint density at radius 1 is 1.26 bits per heavy atom. The molecule has 3 aliphatic carbocycles. The molecule has 6 heteroatoms. The summed E-state index contributed by atoms with van der Waals surface area (Å²) in [6, 6.07) is 8.16. The summed E-state index contributed by atoms with van der Waals surface area (Å²) in [7, 11) is 0. The van der Waals surface area contributed by atoms with Crippen molar-refractivity contribution in [3.8, 4) is 0 Å². The summed E-state index contributed by atoms with van der Waals surface area (Å²) >= 11 is 1.47. The molecule has 0 spiro atoms. The zero-order valence-electron chi connectivity index (χ0n) is 23.5. The minimum atomic E-state index is -0.653. The lowest BCUT2D eigenvalue weighted by atomic mass is 9.44. The van der Waals surface area contributed by atoms with Crippen molar-refractivity contribution in [3.05, 3.63) is 55.1 Å². The fourth-order valence-electron chi connectivity index (χ4n) is 7.90. The van der Waals surface area contributed by atoms with Crippen molar-refractivity contribution in [2.24, 2.45) is 34.0 Å². The minimum absolute atomic E-state index is 0.0331. The smallest absolute Gasteiger partial charge is 0.316 e. The van der Waals surface area contributed by atoms with Gasteiger partial charge in [-0.25, -0.2) is 0 Å². The Balaban J connectivity index is 1.58. The minimum Gasteiger partial charge on any atom is -0.461 e. The van der Waals surface area contributed by atoms with Gasteiger partial charge in [-0.05, 0) is 60.6 Å². The monoisotopic (exact) mass is 539 g/mol. The highest BCUT2D eigenvalue weighted by molar-refractivity contribution is 8.00. The zero-order chi connectivity index (χ0) is 27.7. The fraction of sp³-hybridized carbons (Fsp3) is 0.625. The molecule has 4 rings (SSSR count). The van der Waals surface area contributed by atoms with Gasteiger partial charge in [-0.2, -0.15) is 0 Å². The molecule has 0 aromatic heterocycles. The summed E-state index contributed by atoms with van der Waals surface area (Å²) in [4.78, 5) is 27.9. The van der Waals surface area contributed by atoms with Gasteiger partial charge in [0.1, 0.15) is 11.9 Å². The summed E-state index contributed by atoms with van der Waals surface area (Å²) in [5, 5.41) is 15.0. The molecule has 1 aromatic carbocycles. The van der Waals surface area contributed by atoms with Crippen LogP contribution in [-0.4, -0.2) is 41.4 Å². The lowest BCUT2D eigenvalue weighted by Crippen LogP contribution is -2.63. The molecule has 2 bridgehead atoms. The van der Waals surface area contributed by atoms with Crippen molar-refractivity contribution in [2.45, 2.75) is 83.4 Å². The fourth-order valence-corrected chi connectivity index (χ4v) is 8.66. The molecule has 0 radical (unpaired) electrons. The van der Waals surface area contributed by atoms with E-state index in [2.05, 4.69) is 51.4 Å². The maximum absolute atomic E-state index is 13.5. The predicted octanol–water partition coefficient (Wildman–Crippen LogP) is 5.96. The van der Waals surface area contributed by atoms with Crippen LogP contribution in [0.15, 0.2) is 54.5 Å². The Hall–Kier alpha value is -1.89. The summed E-state index contributed by atoms with van der Waals surface area (Å²) in [6.07, 6.45) is 6.26. The van der Waals surface area contributed by atoms with Gasteiger partial charge in [-0.3, -0.25) is 9.59 Å². The first-order valence-electron chi connectivity index (χ1n) is 14.1. The van der Waals surface area contributed by atoms with E-state index < -0.39 is 23.0 Å². The molecule has 3 aliphatic rings. The largest absolute Gasteiger partial charge is 0.461 e. The van der Waals surface area contributed by atoms with Crippen LogP contribution in [-0.2, 0) is 20.9 Å². The third-order valence-electron chi connectivity index (χ3n) is 10.4. The van der Waals surface area contributed by atoms with Gasteiger partial charge in [0.25, 0.3) is 0 Å². The lowest BCUT2D eigenvalue weighted by Gasteiger charge is -2.61. The third kappa shape index (κ3) is 5.04. The molecule has 3 fully saturated rings. The second-order valence-corrected chi connectivity index (χ2v) is 13.5. The van der Waals surface area contributed by atoms with Crippen LogP contribution in [0.2, 0.25) is 0 Å². The highest BCUT2D eigenvalue weighted by Crippen LogP contribution is 2.68. The molecule has 5 nitrogen and oxygen atoms in total. The van der Waals surface area contributed by atoms with Crippen molar-refractivity contribution < 1.29 is 19.4 Å². The van der Waals surface area contributed by atoms with Crippen LogP contribution in [0.3, 0.4) is 0 Å². The quantitative estimate of drug-likeness (QED) is 0.175. The number of rotatable bonds is 9. The number of Topliss-reactive ketones (excluding diaryl/α,β-unsaturated/α-hetero) is 1. The Bertz CT molecular complexity index is 1070. The molecule has 38 heavy (non-hydrogen) atoms. The van der Waals surface area contributed by atoms with Crippen molar-refractivity contribution in [1.82, 2.24) is 5.32 Å². The number of hydrogen-bond donors (Lipinski definition) is 2. The van der Waals surface area contributed by atoms with Crippen molar-refractivity contribution in [2.75, 3.05) is 12.3 Å². The SMILES string of the molecule is C=CCNCc1cccc(SCC(=O)O[C@@H]2C[C@@](C)(C=C)[C@@H](O)[C@H](C)C34CCC(=O)C3[C@@]2(C)C(C)CC4)c1. The van der Waals surface area contributed by atoms with E-state index >= 15 is 0 Å². The number of aliphatic hydroxyl groups is 1. The average Bonchev–Trinajstić information content (AvgIpc) is 3.26. The van der Waals surface area contributed by atoms with Gasteiger partial charge in [0.15, 0.2) is 0 Å². The first kappa shape index (κ1) is 29.1. The predicted molar refractivity (Wildman–Crippen MR) is 154 cm³/mol. The highest BCUT2D eigenvalue weighted by atomic mass is 32.2. The molecule has 3 unspecified atom stereocenters. The third-order valence-corrected chi connectivity index (χ3v) is 11.4. The summed E-state index contributed by atoms with van der Waals surface area (Å²) in [5.41, 5.74) is -0.217. The maximum Gasteiger partial charge on any atom is 0.316 e. The molecule has 8 atom stereocenters. The molecule has 0 aliphatic heterocycles. The van der Waals surface area contributed by atoms with E-state index in [1.54, 1.807) is 0 Å². The van der Waals surface area contributed by atoms with Crippen molar-refractivity contribution in [3.63, 3.8) is 0 Å². The summed E-state index contributed by atoms with van der Waals surface area (Å²) < 4.78 is 6.36. The molecular formula is C32H45NO4S. The van der Waals surface area contributed by atoms with Crippen LogP contribution in [0.5, 0.6) is 0 Å². The number of ether oxygens (including phenoxy) is 1. The van der Waals surface area contributed by atoms with Crippen molar-refractivity contribution >= 4 is 23.5 Å². The standard InChI is InChI=1S/C32H45NO4S/c1-7-16-33-19-23-10-9-11-24(17-23)38-20-27(35)37-26-18-30(5,8-2)29(36)22(4)32-14-12-21(3)31(26,6)28(32)25(34)13-15-32/h7-11,17,21-22,26,28-29,33,36H,1-2,12-16,18-20H2,3-6H3/t21?,22-,26+,28?,29-,30+,31-,32?/m0/s1. The number of thioether (sulfide) groups is 1. The Morgan fingerprint density at radius 3 is 2.74 bits per heavy atom. The second kappa shape index (κ2) is 11.3. The van der Waals surface area contributed by atoms with E-state index in [1.165, 1.54) is 11.8 Å². The first-order valence-corrected chi connectivity index (χ1v) is 15.1. The number of benzene rings is 1. The zero-order valence-corrected chi connectivity index (χ0v) is 24.3. The first-order chi connectivity index (χ1) is 18.0. The van der Waals surface area contributed by atoms with Gasteiger partial charge in [-0.1, -0.05) is 52.0 Å². The van der Waals surface area contributed by atoms with E-state index in [0.717, 1.165) is 42.8 Å². The maximum atomic E-state index is 13.5. The number of carbonyl (C=O) groups is 2. The van der Waals surface area contributed by atoms with Crippen LogP contribution >= 0.6 is 11.8 Å². The highest BCUT2D eigenvalue weighted by Gasteiger charge is 2.68. The number of ketones is 1. The molecule has 0 heterocycles. The van der Waals surface area contributed by atoms with Crippen LogP contribution < -0.4 is 5.32 Å². The van der Waals surface area contributed by atoms with Gasteiger partial charge in [0.05, 0.1) is 11.9 Å². The van der Waals surface area contributed by atoms with Gasteiger partial charge in [-0.15, -0.1) is 24.9 Å². The van der Waals surface area contributed by atoms with E-state index in [1.807, 2.05) is 31.2 Å². The van der Waals surface area contributed by atoms with Crippen LogP contribution in [0.25, 0.3) is 0 Å².